The Kier molecular flexibility index (Phi) is 5.29. The quantitative estimate of drug-likeness (QED) is 0.842. The van der Waals surface area contributed by atoms with Crippen molar-refractivity contribution in [2.75, 3.05) is 13.6 Å². The van der Waals surface area contributed by atoms with Crippen molar-refractivity contribution in [3.63, 3.8) is 0 Å². The molecule has 0 saturated carbocycles. The molecule has 18 heavy (non-hydrogen) atoms. The molecule has 1 atom stereocenters. The van der Waals surface area contributed by atoms with Crippen LogP contribution in [0.3, 0.4) is 0 Å². The molecule has 0 aliphatic heterocycles. The van der Waals surface area contributed by atoms with Crippen LogP contribution in [0.4, 0.5) is 0 Å². The zero-order valence-corrected chi connectivity index (χ0v) is 12.3. The van der Waals surface area contributed by atoms with Gasteiger partial charge in [-0.25, -0.2) is 0 Å². The topological polar surface area (TPSA) is 36.4 Å². The lowest BCUT2D eigenvalue weighted by Crippen LogP contribution is -2.35. The maximum absolute atomic E-state index is 9.74. The summed E-state index contributed by atoms with van der Waals surface area (Å²) < 4.78 is 0. The van der Waals surface area contributed by atoms with E-state index in [-0.39, 0.29) is 0 Å². The summed E-state index contributed by atoms with van der Waals surface area (Å²) >= 11 is 0. The minimum absolute atomic E-state index is 0.431. The molecule has 0 unspecified atom stereocenters. The van der Waals surface area contributed by atoms with Gasteiger partial charge in [-0.05, 0) is 52.8 Å². The molecule has 0 bridgehead atoms. The van der Waals surface area contributed by atoms with Crippen LogP contribution in [-0.4, -0.2) is 40.2 Å². The molecule has 0 aliphatic rings. The number of aryl methyl sites for hydroxylation is 1. The molecule has 1 aromatic rings. The van der Waals surface area contributed by atoms with Crippen molar-refractivity contribution in [2.24, 2.45) is 0 Å². The van der Waals surface area contributed by atoms with Crippen molar-refractivity contribution in [1.82, 2.24) is 9.88 Å². The Morgan fingerprint density at radius 1 is 1.44 bits per heavy atom. The van der Waals surface area contributed by atoms with Crippen LogP contribution in [0.15, 0.2) is 18.3 Å². The Morgan fingerprint density at radius 2 is 2.11 bits per heavy atom. The Labute approximate surface area is 111 Å². The zero-order chi connectivity index (χ0) is 13.8. The highest BCUT2D eigenvalue weighted by Gasteiger charge is 2.17. The molecule has 0 amide bonds. The molecule has 3 heteroatoms. The average molecular weight is 250 g/mol. The molecule has 0 aromatic carbocycles. The van der Waals surface area contributed by atoms with E-state index in [2.05, 4.69) is 36.8 Å². The van der Waals surface area contributed by atoms with Gasteiger partial charge in [-0.15, -0.1) is 0 Å². The van der Waals surface area contributed by atoms with E-state index in [4.69, 9.17) is 0 Å². The van der Waals surface area contributed by atoms with Crippen molar-refractivity contribution < 1.29 is 5.11 Å². The maximum Gasteiger partial charge on any atom is 0.0603 e. The molecule has 0 aliphatic carbocycles. The number of hydrogen-bond acceptors (Lipinski definition) is 3. The third-order valence-electron chi connectivity index (χ3n) is 3.44. The standard InChI is InChI=1S/C15H26N2O/c1-12-7-6-9-16-14(12)11-13(2)17(5)10-8-15(3,4)18/h6-7,9,13,18H,8,10-11H2,1-5H3/t13-/m1/s1. The Hall–Kier alpha value is -0.930. The normalized spacial score (nSPS) is 13.9. The molecule has 0 fully saturated rings. The number of nitrogens with zero attached hydrogens (tertiary/aromatic N) is 2. The SMILES string of the molecule is Cc1cccnc1C[C@@H](C)N(C)CCC(C)(C)O. The van der Waals surface area contributed by atoms with Crippen LogP contribution in [-0.2, 0) is 6.42 Å². The van der Waals surface area contributed by atoms with Gasteiger partial charge in [0.15, 0.2) is 0 Å². The molecule has 1 aromatic heterocycles. The summed E-state index contributed by atoms with van der Waals surface area (Å²) in [6.45, 7) is 8.92. The van der Waals surface area contributed by atoms with Gasteiger partial charge in [0, 0.05) is 30.9 Å². The Morgan fingerprint density at radius 3 is 2.67 bits per heavy atom. The molecular formula is C15H26N2O. The largest absolute Gasteiger partial charge is 0.390 e. The van der Waals surface area contributed by atoms with E-state index in [0.29, 0.717) is 6.04 Å². The highest BCUT2D eigenvalue weighted by Crippen LogP contribution is 2.12. The fraction of sp³-hybridized carbons (Fsp3) is 0.667. The maximum atomic E-state index is 9.74. The van der Waals surface area contributed by atoms with E-state index in [1.165, 1.54) is 11.3 Å². The van der Waals surface area contributed by atoms with Crippen molar-refractivity contribution in [3.8, 4) is 0 Å². The van der Waals surface area contributed by atoms with Gasteiger partial charge in [-0.3, -0.25) is 4.98 Å². The van der Waals surface area contributed by atoms with E-state index in [0.717, 1.165) is 19.4 Å². The molecule has 0 spiro atoms. The summed E-state index contributed by atoms with van der Waals surface area (Å²) in [6, 6.07) is 4.51. The van der Waals surface area contributed by atoms with Gasteiger partial charge in [-0.2, -0.15) is 0 Å². The zero-order valence-electron chi connectivity index (χ0n) is 12.3. The second-order valence-corrected chi connectivity index (χ2v) is 5.86. The first-order chi connectivity index (χ1) is 8.29. The number of pyridine rings is 1. The van der Waals surface area contributed by atoms with Crippen molar-refractivity contribution in [3.05, 3.63) is 29.6 Å². The lowest BCUT2D eigenvalue weighted by Gasteiger charge is -2.27. The van der Waals surface area contributed by atoms with E-state index < -0.39 is 5.60 Å². The van der Waals surface area contributed by atoms with Gasteiger partial charge in [0.1, 0.15) is 0 Å². The molecule has 1 heterocycles. The molecule has 1 N–H and O–H groups in total. The van der Waals surface area contributed by atoms with Gasteiger partial charge in [0.2, 0.25) is 0 Å². The van der Waals surface area contributed by atoms with Crippen LogP contribution in [0.2, 0.25) is 0 Å². The van der Waals surface area contributed by atoms with Gasteiger partial charge in [-0.1, -0.05) is 6.07 Å². The highest BCUT2D eigenvalue weighted by atomic mass is 16.3. The van der Waals surface area contributed by atoms with Crippen LogP contribution in [0.25, 0.3) is 0 Å². The monoisotopic (exact) mass is 250 g/mol. The van der Waals surface area contributed by atoms with E-state index in [9.17, 15) is 5.11 Å². The van der Waals surface area contributed by atoms with Crippen molar-refractivity contribution in [2.45, 2.75) is 52.2 Å². The fourth-order valence-corrected chi connectivity index (χ4v) is 1.84. The van der Waals surface area contributed by atoms with Crippen LogP contribution in [0.5, 0.6) is 0 Å². The fourth-order valence-electron chi connectivity index (χ4n) is 1.84. The van der Waals surface area contributed by atoms with Crippen LogP contribution >= 0.6 is 0 Å². The van der Waals surface area contributed by atoms with E-state index >= 15 is 0 Å². The third-order valence-corrected chi connectivity index (χ3v) is 3.44. The summed E-state index contributed by atoms with van der Waals surface area (Å²) in [6.07, 6.45) is 3.59. The summed E-state index contributed by atoms with van der Waals surface area (Å²) in [4.78, 5) is 6.72. The number of aliphatic hydroxyl groups is 1. The third kappa shape index (κ3) is 5.15. The van der Waals surface area contributed by atoms with Gasteiger partial charge >= 0.3 is 0 Å². The lowest BCUT2D eigenvalue weighted by atomic mass is 10.0. The first kappa shape index (κ1) is 15.1. The Balaban J connectivity index is 2.50. The molecule has 1 rings (SSSR count). The van der Waals surface area contributed by atoms with Crippen molar-refractivity contribution in [1.29, 1.82) is 0 Å². The minimum Gasteiger partial charge on any atom is -0.390 e. The number of hydrogen-bond donors (Lipinski definition) is 1. The Bertz CT molecular complexity index is 371. The summed E-state index contributed by atoms with van der Waals surface area (Å²) in [5.74, 6) is 0. The second-order valence-electron chi connectivity index (χ2n) is 5.86. The smallest absolute Gasteiger partial charge is 0.0603 e. The van der Waals surface area contributed by atoms with E-state index in [1.54, 1.807) is 0 Å². The van der Waals surface area contributed by atoms with E-state index in [1.807, 2.05) is 26.1 Å². The molecule has 102 valence electrons. The number of aromatic nitrogens is 1. The molecular weight excluding hydrogens is 224 g/mol. The minimum atomic E-state index is -0.588. The average Bonchev–Trinajstić information content (AvgIpc) is 2.28. The summed E-state index contributed by atoms with van der Waals surface area (Å²) in [7, 11) is 2.11. The predicted molar refractivity (Wildman–Crippen MR) is 75.7 cm³/mol. The summed E-state index contributed by atoms with van der Waals surface area (Å²) in [5.41, 5.74) is 1.83. The molecule has 3 nitrogen and oxygen atoms in total. The second kappa shape index (κ2) is 6.30. The van der Waals surface area contributed by atoms with Crippen LogP contribution in [0.1, 0.15) is 38.4 Å². The number of rotatable bonds is 6. The van der Waals surface area contributed by atoms with Gasteiger partial charge in [0.05, 0.1) is 5.60 Å². The highest BCUT2D eigenvalue weighted by molar-refractivity contribution is 5.18. The first-order valence-corrected chi connectivity index (χ1v) is 6.63. The van der Waals surface area contributed by atoms with Crippen LogP contribution < -0.4 is 0 Å². The predicted octanol–water partition coefficient (Wildman–Crippen LogP) is 2.41. The van der Waals surface area contributed by atoms with Crippen molar-refractivity contribution >= 4 is 0 Å². The van der Waals surface area contributed by atoms with Gasteiger partial charge < -0.3 is 10.0 Å². The number of likely N-dealkylation sites (N-methyl/N-ethyl adjacent to an activating group) is 1. The van der Waals surface area contributed by atoms with Gasteiger partial charge in [0.25, 0.3) is 0 Å². The lowest BCUT2D eigenvalue weighted by molar-refractivity contribution is 0.0565. The first-order valence-electron chi connectivity index (χ1n) is 6.63. The van der Waals surface area contributed by atoms with Crippen LogP contribution in [0, 0.1) is 6.92 Å². The summed E-state index contributed by atoms with van der Waals surface area (Å²) in [5, 5.41) is 9.74. The molecule has 0 saturated heterocycles. The molecule has 0 radical (unpaired) electrons.